The van der Waals surface area contributed by atoms with Gasteiger partial charge in [-0.05, 0) is 114 Å². The molecule has 1 aliphatic rings. The van der Waals surface area contributed by atoms with Gasteiger partial charge in [0.25, 0.3) is 5.56 Å². The van der Waals surface area contributed by atoms with Crippen LogP contribution in [0.25, 0.3) is 6.08 Å². The summed E-state index contributed by atoms with van der Waals surface area (Å²) in [5.74, 6) is 1.42. The summed E-state index contributed by atoms with van der Waals surface area (Å²) in [6.45, 7) is 8.42. The number of ether oxygens (including phenoxy) is 4. The third kappa shape index (κ3) is 6.04. The second kappa shape index (κ2) is 12.9. The molecular weight excluding hydrogens is 746 g/mol. The van der Waals surface area contributed by atoms with E-state index in [0.29, 0.717) is 50.9 Å². The fraction of sp³-hybridized carbons (Fsp3) is 0.321. The highest BCUT2D eigenvalue weighted by Gasteiger charge is 2.34. The number of hydrogen-bond acceptors (Lipinski definition) is 8. The molecule has 2 heterocycles. The van der Waals surface area contributed by atoms with E-state index in [1.54, 1.807) is 31.6 Å². The molecule has 0 unspecified atom stereocenters. The highest BCUT2D eigenvalue weighted by Crippen LogP contribution is 2.36. The molecule has 0 saturated heterocycles. The second-order valence-corrected chi connectivity index (χ2v) is 11.7. The number of fused-ring (bicyclic) bond motifs is 1. The average molecular weight is 774 g/mol. The fourth-order valence-corrected chi connectivity index (χ4v) is 7.66. The molecule has 0 N–H and O–H groups in total. The summed E-state index contributed by atoms with van der Waals surface area (Å²) in [5, 5.41) is 0. The average Bonchev–Trinajstić information content (AvgIpc) is 3.18. The number of aromatic nitrogens is 1. The molecule has 0 bridgehead atoms. The normalized spacial score (nSPS) is 15.1. The predicted octanol–water partition coefficient (Wildman–Crippen LogP) is 4.81. The Hall–Kier alpha value is -2.39. The Labute approximate surface area is 257 Å². The Balaban J connectivity index is 1.95. The number of nitrogens with zero attached hydrogens (tertiary/aromatic N) is 2. The maximum atomic E-state index is 13.9. The van der Waals surface area contributed by atoms with Gasteiger partial charge < -0.3 is 18.9 Å². The molecule has 0 saturated carbocycles. The van der Waals surface area contributed by atoms with E-state index in [2.05, 4.69) is 50.2 Å². The smallest absolute Gasteiger partial charge is 0.338 e. The monoisotopic (exact) mass is 774 g/mol. The van der Waals surface area contributed by atoms with Crippen molar-refractivity contribution in [3.05, 3.63) is 79.6 Å². The van der Waals surface area contributed by atoms with Crippen LogP contribution in [0.3, 0.4) is 0 Å². The molecule has 0 fully saturated rings. The van der Waals surface area contributed by atoms with Gasteiger partial charge in [-0.15, -0.1) is 0 Å². The summed E-state index contributed by atoms with van der Waals surface area (Å²) in [6, 6.07) is 8.66. The van der Waals surface area contributed by atoms with Gasteiger partial charge in [0.2, 0.25) is 0 Å². The van der Waals surface area contributed by atoms with Crippen LogP contribution in [0.4, 0.5) is 0 Å². The Morgan fingerprint density at radius 3 is 2.33 bits per heavy atom. The van der Waals surface area contributed by atoms with Crippen molar-refractivity contribution in [2.45, 2.75) is 33.7 Å². The predicted molar refractivity (Wildman–Crippen MR) is 168 cm³/mol. The van der Waals surface area contributed by atoms with Gasteiger partial charge in [0.15, 0.2) is 16.3 Å². The summed E-state index contributed by atoms with van der Waals surface area (Å²) in [5.41, 5.74) is 2.14. The van der Waals surface area contributed by atoms with Crippen molar-refractivity contribution in [1.82, 2.24) is 4.57 Å². The molecular formula is C28H28I2N2O6S. The maximum absolute atomic E-state index is 13.9. The van der Waals surface area contributed by atoms with Crippen molar-refractivity contribution in [1.29, 1.82) is 0 Å². The van der Waals surface area contributed by atoms with E-state index in [0.717, 1.165) is 18.5 Å². The SMILES string of the molecule is CCOC(=O)C1=C(C)N=c2s/c(=C\c3cc(I)c(OC)c(I)c3)c(=O)n2[C@H]1c1ccc(OCC)c(OCC)c1. The zero-order chi connectivity index (χ0) is 28.3. The van der Waals surface area contributed by atoms with Crippen LogP contribution in [0.15, 0.2) is 51.4 Å². The number of esters is 1. The number of rotatable bonds is 9. The first kappa shape index (κ1) is 29.6. The molecule has 0 radical (unpaired) electrons. The minimum Gasteiger partial charge on any atom is -0.495 e. The zero-order valence-electron chi connectivity index (χ0n) is 22.2. The molecule has 0 amide bonds. The highest BCUT2D eigenvalue weighted by molar-refractivity contribution is 14.1. The van der Waals surface area contributed by atoms with Crippen molar-refractivity contribution in [3.63, 3.8) is 0 Å². The van der Waals surface area contributed by atoms with Gasteiger partial charge >= 0.3 is 5.97 Å². The number of allylic oxidation sites excluding steroid dienone is 1. The van der Waals surface area contributed by atoms with Crippen LogP contribution in [0.1, 0.15) is 44.9 Å². The molecule has 3 aromatic rings. The van der Waals surface area contributed by atoms with E-state index < -0.39 is 12.0 Å². The van der Waals surface area contributed by atoms with Crippen molar-refractivity contribution in [2.75, 3.05) is 26.9 Å². The fourth-order valence-electron chi connectivity index (χ4n) is 4.35. The largest absolute Gasteiger partial charge is 0.495 e. The first-order chi connectivity index (χ1) is 18.7. The van der Waals surface area contributed by atoms with Gasteiger partial charge in [-0.25, -0.2) is 9.79 Å². The number of halogens is 2. The lowest BCUT2D eigenvalue weighted by atomic mass is 9.95. The lowest BCUT2D eigenvalue weighted by Gasteiger charge is -2.25. The Morgan fingerprint density at radius 1 is 1.05 bits per heavy atom. The second-order valence-electron chi connectivity index (χ2n) is 8.39. The maximum Gasteiger partial charge on any atom is 0.338 e. The molecule has 39 heavy (non-hydrogen) atoms. The molecule has 1 aliphatic heterocycles. The number of methoxy groups -OCH3 is 1. The summed E-state index contributed by atoms with van der Waals surface area (Å²) in [4.78, 5) is 32.3. The van der Waals surface area contributed by atoms with Gasteiger partial charge in [-0.2, -0.15) is 0 Å². The van der Waals surface area contributed by atoms with E-state index in [4.69, 9.17) is 18.9 Å². The zero-order valence-corrected chi connectivity index (χ0v) is 27.3. The molecule has 11 heteroatoms. The minimum atomic E-state index is -0.742. The lowest BCUT2D eigenvalue weighted by Crippen LogP contribution is -2.40. The van der Waals surface area contributed by atoms with E-state index in [9.17, 15) is 9.59 Å². The summed E-state index contributed by atoms with van der Waals surface area (Å²) >= 11 is 5.72. The number of carbonyl (C=O) groups excluding carboxylic acids is 1. The van der Waals surface area contributed by atoms with Crippen molar-refractivity contribution in [3.8, 4) is 17.2 Å². The van der Waals surface area contributed by atoms with Crippen LogP contribution in [-0.2, 0) is 9.53 Å². The quantitative estimate of drug-likeness (QED) is 0.229. The topological polar surface area (TPSA) is 88.4 Å². The molecule has 2 aromatic carbocycles. The summed E-state index contributed by atoms with van der Waals surface area (Å²) in [6.07, 6.45) is 1.85. The highest BCUT2D eigenvalue weighted by atomic mass is 127. The number of thiazole rings is 1. The van der Waals surface area contributed by atoms with Crippen molar-refractivity contribution in [2.24, 2.45) is 4.99 Å². The van der Waals surface area contributed by atoms with Gasteiger partial charge in [0.05, 0.1) is 55.9 Å². The van der Waals surface area contributed by atoms with Gasteiger partial charge in [0, 0.05) is 0 Å². The molecule has 1 atom stereocenters. The summed E-state index contributed by atoms with van der Waals surface area (Å²) < 4.78 is 26.4. The standard InChI is InChI=1S/C28H28I2N2O6S/c1-6-36-20-10-9-17(14-21(20)37-7-2)24-23(27(34)38-8-3)15(4)31-28-32(24)26(33)22(39-28)13-16-11-18(29)25(35-5)19(30)12-16/h9-14,24H,6-8H2,1-5H3/b22-13-/t24-/m0/s1. The number of hydrogen-bond donors (Lipinski definition) is 0. The third-order valence-electron chi connectivity index (χ3n) is 5.92. The molecule has 206 valence electrons. The Morgan fingerprint density at radius 2 is 1.72 bits per heavy atom. The third-order valence-corrected chi connectivity index (χ3v) is 8.51. The molecule has 0 spiro atoms. The van der Waals surface area contributed by atoms with Crippen LogP contribution in [0.2, 0.25) is 0 Å². The Bertz CT molecular complexity index is 1600. The van der Waals surface area contributed by atoms with Gasteiger partial charge in [-0.3, -0.25) is 9.36 Å². The Kier molecular flexibility index (Phi) is 9.75. The summed E-state index contributed by atoms with van der Waals surface area (Å²) in [7, 11) is 1.64. The van der Waals surface area contributed by atoms with E-state index >= 15 is 0 Å². The van der Waals surface area contributed by atoms with Crippen molar-refractivity contribution < 1.29 is 23.7 Å². The van der Waals surface area contributed by atoms with Gasteiger partial charge in [-0.1, -0.05) is 17.4 Å². The first-order valence-electron chi connectivity index (χ1n) is 12.4. The lowest BCUT2D eigenvalue weighted by molar-refractivity contribution is -0.139. The first-order valence-corrected chi connectivity index (χ1v) is 15.3. The van der Waals surface area contributed by atoms with Gasteiger partial charge in [0.1, 0.15) is 5.75 Å². The molecule has 8 nitrogen and oxygen atoms in total. The number of carbonyl (C=O) groups is 1. The van der Waals surface area contributed by atoms with E-state index in [1.807, 2.05) is 44.2 Å². The molecule has 0 aliphatic carbocycles. The van der Waals surface area contributed by atoms with Crippen LogP contribution in [0.5, 0.6) is 17.2 Å². The molecule has 1 aromatic heterocycles. The molecule has 4 rings (SSSR count). The van der Waals surface area contributed by atoms with Crippen LogP contribution in [0, 0.1) is 7.14 Å². The van der Waals surface area contributed by atoms with Crippen LogP contribution >= 0.6 is 56.5 Å². The number of benzene rings is 2. The minimum absolute atomic E-state index is 0.203. The van der Waals surface area contributed by atoms with Crippen LogP contribution in [-0.4, -0.2) is 37.5 Å². The van der Waals surface area contributed by atoms with E-state index in [-0.39, 0.29) is 12.2 Å². The van der Waals surface area contributed by atoms with Crippen molar-refractivity contribution >= 4 is 68.6 Å². The van der Waals surface area contributed by atoms with E-state index in [1.165, 1.54) is 11.3 Å². The van der Waals surface area contributed by atoms with Crippen LogP contribution < -0.4 is 29.1 Å².